The summed E-state index contributed by atoms with van der Waals surface area (Å²) in [5, 5.41) is 5.42. The zero-order chi connectivity index (χ0) is 32.9. The number of hydrogen-bond donors (Lipinski definition) is 2. The van der Waals surface area contributed by atoms with Gasteiger partial charge in [0.1, 0.15) is 29.8 Å². The molecule has 3 amide bonds. The zero-order valence-electron chi connectivity index (χ0n) is 27.3. The minimum atomic E-state index is -1.10. The van der Waals surface area contributed by atoms with Crippen LogP contribution in [0.4, 0.5) is 4.79 Å². The van der Waals surface area contributed by atoms with Crippen LogP contribution in [0.25, 0.3) is 6.08 Å². The van der Waals surface area contributed by atoms with Crippen molar-refractivity contribution in [1.82, 2.24) is 15.5 Å². The van der Waals surface area contributed by atoms with E-state index in [1.807, 2.05) is 43.3 Å². The van der Waals surface area contributed by atoms with Gasteiger partial charge in [0.05, 0.1) is 0 Å². The van der Waals surface area contributed by atoms with Crippen molar-refractivity contribution in [2.45, 2.75) is 97.4 Å². The van der Waals surface area contributed by atoms with E-state index in [4.69, 9.17) is 9.47 Å². The van der Waals surface area contributed by atoms with Gasteiger partial charge in [-0.1, -0.05) is 81.0 Å². The minimum absolute atomic E-state index is 0.199. The molecule has 2 aromatic carbocycles. The maximum atomic E-state index is 14.3. The maximum Gasteiger partial charge on any atom is 0.408 e. The molecule has 2 unspecified atom stereocenters. The molecule has 0 aliphatic heterocycles. The summed E-state index contributed by atoms with van der Waals surface area (Å²) in [6.07, 6.45) is 3.49. The Morgan fingerprint density at radius 2 is 1.57 bits per heavy atom. The second kappa shape index (κ2) is 16.6. The van der Waals surface area contributed by atoms with Gasteiger partial charge >= 0.3 is 12.1 Å². The van der Waals surface area contributed by atoms with Crippen molar-refractivity contribution in [1.29, 1.82) is 0 Å². The average Bonchev–Trinajstić information content (AvgIpc) is 2.94. The lowest BCUT2D eigenvalue weighted by atomic mass is 9.99. The number of amides is 3. The molecule has 0 aliphatic rings. The minimum Gasteiger partial charge on any atom is -0.458 e. The predicted octanol–water partition coefficient (Wildman–Crippen LogP) is 5.98. The van der Waals surface area contributed by atoms with Gasteiger partial charge in [-0.15, -0.1) is 0 Å². The van der Waals surface area contributed by atoms with Crippen LogP contribution >= 0.6 is 0 Å². The third-order valence-corrected chi connectivity index (χ3v) is 6.42. The average molecular weight is 608 g/mol. The van der Waals surface area contributed by atoms with Gasteiger partial charge in [-0.2, -0.15) is 0 Å². The molecule has 0 fully saturated rings. The fourth-order valence-electron chi connectivity index (χ4n) is 4.49. The SMILES string of the molecule is C=Cc1cccc(C(C(=O)NC(Cc2ccccc2)C(=O)OC(C)(C)C)N(CCCCC)C(=O)CNC(=O)OC(C)(C)C)c1. The molecule has 9 nitrogen and oxygen atoms in total. The fraction of sp³-hybridized carbons (Fsp3) is 0.486. The number of carbonyl (C=O) groups is 4. The van der Waals surface area contributed by atoms with Crippen LogP contribution in [-0.2, 0) is 30.3 Å². The highest BCUT2D eigenvalue weighted by atomic mass is 16.6. The fourth-order valence-corrected chi connectivity index (χ4v) is 4.49. The maximum absolute atomic E-state index is 14.3. The van der Waals surface area contributed by atoms with Crippen LogP contribution in [0.3, 0.4) is 0 Å². The zero-order valence-corrected chi connectivity index (χ0v) is 27.3. The van der Waals surface area contributed by atoms with Crippen LogP contribution in [0.1, 0.15) is 90.5 Å². The third-order valence-electron chi connectivity index (χ3n) is 6.42. The number of nitrogens with zero attached hydrogens (tertiary/aromatic N) is 1. The number of alkyl carbamates (subject to hydrolysis) is 1. The van der Waals surface area contributed by atoms with Crippen molar-refractivity contribution < 1.29 is 28.7 Å². The van der Waals surface area contributed by atoms with E-state index in [1.54, 1.807) is 65.8 Å². The molecule has 44 heavy (non-hydrogen) atoms. The van der Waals surface area contributed by atoms with Gasteiger partial charge in [0.25, 0.3) is 0 Å². The Hall–Kier alpha value is -4.14. The van der Waals surface area contributed by atoms with E-state index in [2.05, 4.69) is 17.2 Å². The molecule has 0 spiro atoms. The lowest BCUT2D eigenvalue weighted by molar-refractivity contribution is -0.159. The lowest BCUT2D eigenvalue weighted by Crippen LogP contribution is -2.52. The highest BCUT2D eigenvalue weighted by Gasteiger charge is 2.35. The Kier molecular flexibility index (Phi) is 13.6. The van der Waals surface area contributed by atoms with E-state index in [9.17, 15) is 19.2 Å². The van der Waals surface area contributed by atoms with Gasteiger partial charge < -0.3 is 25.0 Å². The number of esters is 1. The van der Waals surface area contributed by atoms with Crippen molar-refractivity contribution in [2.24, 2.45) is 0 Å². The molecule has 2 aromatic rings. The third kappa shape index (κ3) is 12.6. The first-order valence-electron chi connectivity index (χ1n) is 15.2. The van der Waals surface area contributed by atoms with Crippen molar-refractivity contribution in [2.75, 3.05) is 13.1 Å². The predicted molar refractivity (Wildman–Crippen MR) is 173 cm³/mol. The molecule has 0 aromatic heterocycles. The first-order valence-corrected chi connectivity index (χ1v) is 15.2. The summed E-state index contributed by atoms with van der Waals surface area (Å²) in [4.78, 5) is 55.2. The number of rotatable bonds is 14. The van der Waals surface area contributed by atoms with Crippen LogP contribution < -0.4 is 10.6 Å². The molecule has 0 saturated heterocycles. The second-order valence-corrected chi connectivity index (χ2v) is 12.7. The van der Waals surface area contributed by atoms with E-state index in [1.165, 1.54) is 4.90 Å². The molecule has 2 atom stereocenters. The van der Waals surface area contributed by atoms with Crippen molar-refractivity contribution >= 4 is 30.0 Å². The van der Waals surface area contributed by atoms with E-state index >= 15 is 0 Å². The molecular formula is C35H49N3O6. The van der Waals surface area contributed by atoms with Gasteiger partial charge in [-0.3, -0.25) is 9.59 Å². The normalized spacial score (nSPS) is 12.8. The first-order chi connectivity index (χ1) is 20.6. The molecule has 9 heteroatoms. The van der Waals surface area contributed by atoms with Crippen molar-refractivity contribution in [3.05, 3.63) is 77.9 Å². The molecular weight excluding hydrogens is 558 g/mol. The van der Waals surface area contributed by atoms with Crippen LogP contribution in [0, 0.1) is 0 Å². The van der Waals surface area contributed by atoms with Gasteiger partial charge in [0.2, 0.25) is 11.8 Å². The van der Waals surface area contributed by atoms with E-state index < -0.39 is 47.2 Å². The topological polar surface area (TPSA) is 114 Å². The van der Waals surface area contributed by atoms with Gasteiger partial charge in [-0.25, -0.2) is 9.59 Å². The Morgan fingerprint density at radius 3 is 2.16 bits per heavy atom. The number of nitrogens with one attached hydrogen (secondary N) is 2. The van der Waals surface area contributed by atoms with Crippen LogP contribution in [0.15, 0.2) is 61.2 Å². The summed E-state index contributed by atoms with van der Waals surface area (Å²) in [6, 6.07) is 14.4. The smallest absolute Gasteiger partial charge is 0.408 e. The van der Waals surface area contributed by atoms with Crippen LogP contribution in [0.2, 0.25) is 0 Å². The number of benzene rings is 2. The van der Waals surface area contributed by atoms with Crippen LogP contribution in [-0.4, -0.2) is 59.1 Å². The summed E-state index contributed by atoms with van der Waals surface area (Å²) in [7, 11) is 0. The highest BCUT2D eigenvalue weighted by molar-refractivity contribution is 5.93. The largest absolute Gasteiger partial charge is 0.458 e. The Balaban J connectivity index is 2.51. The van der Waals surface area contributed by atoms with Crippen molar-refractivity contribution in [3.63, 3.8) is 0 Å². The standard InChI is InChI=1S/C35H49N3O6/c1-9-11-15-21-38(29(39)24-36-33(42)44-35(6,7)8)30(27-20-16-19-25(10-2)22-27)31(40)37-28(32(41)43-34(3,4)5)23-26-17-13-12-14-18-26/h10,12-14,16-20,22,28,30H,2,9,11,15,21,23-24H2,1,3-8H3,(H,36,42)(H,37,40). The molecule has 0 heterocycles. The Bertz CT molecular complexity index is 1260. The summed E-state index contributed by atoms with van der Waals surface area (Å²) >= 11 is 0. The molecule has 2 N–H and O–H groups in total. The summed E-state index contributed by atoms with van der Waals surface area (Å²) < 4.78 is 11.0. The van der Waals surface area contributed by atoms with Crippen molar-refractivity contribution in [3.8, 4) is 0 Å². The Morgan fingerprint density at radius 1 is 0.909 bits per heavy atom. The van der Waals surface area contributed by atoms with Gasteiger partial charge in [0.15, 0.2) is 0 Å². The van der Waals surface area contributed by atoms with Gasteiger partial charge in [0, 0.05) is 13.0 Å². The lowest BCUT2D eigenvalue weighted by Gasteiger charge is -2.33. The highest BCUT2D eigenvalue weighted by Crippen LogP contribution is 2.25. The molecule has 2 rings (SSSR count). The van der Waals surface area contributed by atoms with Crippen LogP contribution in [0.5, 0.6) is 0 Å². The summed E-state index contributed by atoms with van der Waals surface area (Å²) in [5.74, 6) is -1.59. The molecule has 0 saturated carbocycles. The molecule has 240 valence electrons. The molecule has 0 radical (unpaired) electrons. The second-order valence-electron chi connectivity index (χ2n) is 12.7. The van der Waals surface area contributed by atoms with Gasteiger partial charge in [-0.05, 0) is 70.7 Å². The first kappa shape index (κ1) is 36.1. The number of unbranched alkanes of at least 4 members (excludes halogenated alkanes) is 2. The quantitative estimate of drug-likeness (QED) is 0.202. The van der Waals surface area contributed by atoms with E-state index in [0.717, 1.165) is 24.0 Å². The molecule has 0 aliphatic carbocycles. The summed E-state index contributed by atoms with van der Waals surface area (Å²) in [6.45, 7) is 16.3. The van der Waals surface area contributed by atoms with E-state index in [0.29, 0.717) is 12.0 Å². The van der Waals surface area contributed by atoms with E-state index in [-0.39, 0.29) is 19.5 Å². The number of hydrogen-bond acceptors (Lipinski definition) is 6. The number of ether oxygens (including phenoxy) is 2. The Labute approximate surface area is 262 Å². The monoisotopic (exact) mass is 607 g/mol. The summed E-state index contributed by atoms with van der Waals surface area (Å²) in [5.41, 5.74) is 0.637. The molecule has 0 bridgehead atoms. The number of carbonyl (C=O) groups excluding carboxylic acids is 4.